The number of nitrogen functional groups attached to an aromatic ring is 1. The zero-order chi connectivity index (χ0) is 29.8. The maximum Gasteiger partial charge on any atom is 0.187 e. The number of ether oxygens (including phenoxy) is 1. The van der Waals surface area contributed by atoms with Crippen LogP contribution in [0.1, 0.15) is 118 Å². The Kier molecular flexibility index (Phi) is 6.50. The van der Waals surface area contributed by atoms with Crippen molar-refractivity contribution in [1.82, 2.24) is 10.2 Å². The van der Waals surface area contributed by atoms with E-state index in [9.17, 15) is 4.79 Å². The van der Waals surface area contributed by atoms with E-state index in [1.807, 2.05) is 6.92 Å². The molecular weight excluding hydrogens is 508 g/mol. The van der Waals surface area contributed by atoms with Gasteiger partial charge in [-0.1, -0.05) is 60.1 Å². The molecule has 6 rings (SSSR count). The molecule has 0 aromatic carbocycles. The van der Waals surface area contributed by atoms with Crippen molar-refractivity contribution in [2.24, 2.45) is 51.2 Å². The molecule has 0 spiro atoms. The lowest BCUT2D eigenvalue weighted by molar-refractivity contribution is -0.156. The Labute approximate surface area is 247 Å². The van der Waals surface area contributed by atoms with Crippen LogP contribution in [0.5, 0.6) is 0 Å². The van der Waals surface area contributed by atoms with Crippen LogP contribution in [0.4, 0.5) is 5.82 Å². The largest absolute Gasteiger partial charge is 0.481 e. The molecule has 8 atom stereocenters. The molecule has 0 aliphatic heterocycles. The summed E-state index contributed by atoms with van der Waals surface area (Å²) in [5.41, 5.74) is 11.3. The Morgan fingerprint density at radius 2 is 1.83 bits per heavy atom. The van der Waals surface area contributed by atoms with Crippen molar-refractivity contribution in [2.45, 2.75) is 119 Å². The highest BCUT2D eigenvalue weighted by Gasteiger charge is 2.67. The van der Waals surface area contributed by atoms with E-state index < -0.39 is 0 Å². The van der Waals surface area contributed by atoms with E-state index >= 15 is 0 Å². The summed E-state index contributed by atoms with van der Waals surface area (Å²) in [7, 11) is 0. The first-order valence-electron chi connectivity index (χ1n) is 16.4. The Morgan fingerprint density at radius 3 is 2.54 bits per heavy atom. The summed E-state index contributed by atoms with van der Waals surface area (Å²) in [6.45, 7) is 19.7. The lowest BCUT2D eigenvalue weighted by atomic mass is 9.34. The summed E-state index contributed by atoms with van der Waals surface area (Å²) in [6, 6.07) is 0. The van der Waals surface area contributed by atoms with Gasteiger partial charge in [0, 0.05) is 22.6 Å². The summed E-state index contributed by atoms with van der Waals surface area (Å²) in [5.74, 6) is 3.08. The number of nitrogens with zero attached hydrogens (tertiary/aromatic N) is 1. The minimum atomic E-state index is 0.0209. The number of carbonyl (C=O) groups excluding carboxylic acids is 1. The molecule has 3 saturated carbocycles. The summed E-state index contributed by atoms with van der Waals surface area (Å²) in [6.07, 6.45) is 11.8. The topological polar surface area (TPSA) is 105 Å². The molecule has 0 saturated heterocycles. The van der Waals surface area contributed by atoms with Gasteiger partial charge in [0.25, 0.3) is 0 Å². The molecule has 3 fully saturated rings. The number of nitrogens with two attached hydrogens (primary N) is 1. The molecule has 5 aliphatic carbocycles. The average molecular weight is 563 g/mol. The van der Waals surface area contributed by atoms with Crippen LogP contribution in [-0.2, 0) is 21.4 Å². The zero-order valence-electron chi connectivity index (χ0n) is 26.9. The number of hydrogen-bond acceptors (Lipinski definition) is 5. The molecule has 6 heteroatoms. The Bertz CT molecular complexity index is 1290. The Balaban J connectivity index is 1.37. The molecule has 1 aromatic heterocycles. The first-order chi connectivity index (χ1) is 19.1. The van der Waals surface area contributed by atoms with Crippen LogP contribution < -0.4 is 5.73 Å². The highest BCUT2D eigenvalue weighted by Crippen LogP contribution is 2.74. The van der Waals surface area contributed by atoms with E-state index in [0.29, 0.717) is 36.1 Å². The van der Waals surface area contributed by atoms with E-state index in [1.54, 1.807) is 5.57 Å². The van der Waals surface area contributed by atoms with Gasteiger partial charge in [0.15, 0.2) is 5.90 Å². The number of hydrogen-bond donors (Lipinski definition) is 3. The van der Waals surface area contributed by atoms with E-state index in [4.69, 9.17) is 15.9 Å². The van der Waals surface area contributed by atoms with Crippen molar-refractivity contribution >= 4 is 17.5 Å². The van der Waals surface area contributed by atoms with Crippen LogP contribution >= 0.6 is 0 Å². The SMILES string of the molecule is CCOC(=N)CC(=O)[C@@H]1CC(C)(C)CC2C3=CCC4[C@@]5(C)Cc6c(N)n[nH]c6C(C)(C)C5CC[C@@]4(C)[C@]3(C)CC[C@@H]21. The highest BCUT2D eigenvalue weighted by atomic mass is 16.5. The fourth-order valence-corrected chi connectivity index (χ4v) is 11.9. The van der Waals surface area contributed by atoms with Gasteiger partial charge in [-0.3, -0.25) is 15.3 Å². The molecule has 6 nitrogen and oxygen atoms in total. The smallest absolute Gasteiger partial charge is 0.187 e. The number of H-pyrrole nitrogens is 1. The van der Waals surface area contributed by atoms with Crippen molar-refractivity contribution in [3.05, 3.63) is 22.9 Å². The molecule has 4 N–H and O–H groups in total. The van der Waals surface area contributed by atoms with E-state index in [0.717, 1.165) is 38.5 Å². The van der Waals surface area contributed by atoms with Gasteiger partial charge in [0.05, 0.1) is 13.0 Å². The van der Waals surface area contributed by atoms with Crippen molar-refractivity contribution in [3.8, 4) is 0 Å². The minimum Gasteiger partial charge on any atom is -0.481 e. The predicted molar refractivity (Wildman–Crippen MR) is 165 cm³/mol. The maximum absolute atomic E-state index is 13.7. The first kappa shape index (κ1) is 29.0. The van der Waals surface area contributed by atoms with Crippen LogP contribution in [0.3, 0.4) is 0 Å². The highest BCUT2D eigenvalue weighted by molar-refractivity contribution is 5.98. The summed E-state index contributed by atoms with van der Waals surface area (Å²) in [5, 5.41) is 16.0. The molecule has 226 valence electrons. The minimum absolute atomic E-state index is 0.0209. The van der Waals surface area contributed by atoms with Gasteiger partial charge in [-0.25, -0.2) is 0 Å². The van der Waals surface area contributed by atoms with E-state index in [-0.39, 0.29) is 51.1 Å². The second-order valence-corrected chi connectivity index (χ2v) is 16.6. The summed E-state index contributed by atoms with van der Waals surface area (Å²) < 4.78 is 5.39. The average Bonchev–Trinajstić information content (AvgIpc) is 3.24. The summed E-state index contributed by atoms with van der Waals surface area (Å²) in [4.78, 5) is 13.7. The molecule has 5 aliphatic rings. The van der Waals surface area contributed by atoms with Gasteiger partial charge in [-0.2, -0.15) is 5.10 Å². The standard InChI is InChI=1S/C35H54N4O2/c1-9-41-28(36)16-25(40)22-18-31(2,3)17-21-20(22)12-14-34(7)24(21)10-11-27-33(6)19-23-29(38-39-30(23)37)32(4,5)26(33)13-15-35(27,34)8/h10,20-22,26-27,36H,9,11-19H2,1-8H3,(H3,37,38,39)/t20-,21?,22+,26?,27?,33-,34+,35+/m0/s1. The van der Waals surface area contributed by atoms with Crippen LogP contribution in [0.15, 0.2) is 11.6 Å². The van der Waals surface area contributed by atoms with Crippen LogP contribution in [0.2, 0.25) is 0 Å². The van der Waals surface area contributed by atoms with Crippen LogP contribution in [0.25, 0.3) is 0 Å². The number of rotatable bonds is 4. The van der Waals surface area contributed by atoms with Gasteiger partial charge in [-0.15, -0.1) is 0 Å². The number of aromatic nitrogens is 2. The van der Waals surface area contributed by atoms with Crippen LogP contribution in [0, 0.1) is 56.7 Å². The van der Waals surface area contributed by atoms with Crippen molar-refractivity contribution in [2.75, 3.05) is 12.3 Å². The van der Waals surface area contributed by atoms with E-state index in [1.165, 1.54) is 24.1 Å². The lowest BCUT2D eigenvalue weighted by Crippen LogP contribution is -2.63. The number of allylic oxidation sites excluding steroid dienone is 2. The second kappa shape index (κ2) is 9.19. The van der Waals surface area contributed by atoms with Gasteiger partial charge >= 0.3 is 0 Å². The number of aromatic amines is 1. The number of ketones is 1. The van der Waals surface area contributed by atoms with Gasteiger partial charge in [0.2, 0.25) is 0 Å². The molecule has 3 unspecified atom stereocenters. The molecule has 1 aromatic rings. The normalized spacial score (nSPS) is 42.0. The van der Waals surface area contributed by atoms with Crippen molar-refractivity contribution < 1.29 is 9.53 Å². The van der Waals surface area contributed by atoms with Crippen molar-refractivity contribution in [3.63, 3.8) is 0 Å². The number of carbonyl (C=O) groups is 1. The third kappa shape index (κ3) is 3.97. The first-order valence-corrected chi connectivity index (χ1v) is 16.4. The Morgan fingerprint density at radius 1 is 1.10 bits per heavy atom. The van der Waals surface area contributed by atoms with Gasteiger partial charge in [-0.05, 0) is 104 Å². The number of fused-ring (bicyclic) bond motifs is 8. The lowest BCUT2D eigenvalue weighted by Gasteiger charge is -2.70. The third-order valence-corrected chi connectivity index (χ3v) is 13.8. The summed E-state index contributed by atoms with van der Waals surface area (Å²) >= 11 is 0. The molecule has 1 heterocycles. The number of Topliss-reactive ketones (excluding diaryl/α,β-unsaturated/α-hetero) is 1. The predicted octanol–water partition coefficient (Wildman–Crippen LogP) is 7.64. The fourth-order valence-electron chi connectivity index (χ4n) is 11.9. The second-order valence-electron chi connectivity index (χ2n) is 16.6. The third-order valence-electron chi connectivity index (χ3n) is 13.8. The van der Waals surface area contributed by atoms with Crippen molar-refractivity contribution in [1.29, 1.82) is 5.41 Å². The zero-order valence-corrected chi connectivity index (χ0v) is 26.9. The monoisotopic (exact) mass is 562 g/mol. The number of nitrogens with one attached hydrogen (secondary N) is 2. The Hall–Kier alpha value is -2.11. The quantitative estimate of drug-likeness (QED) is 0.199. The fraction of sp³-hybridized carbons (Fsp3) is 0.800. The molecule has 0 bridgehead atoms. The molecule has 41 heavy (non-hydrogen) atoms. The molecular formula is C35H54N4O2. The van der Waals surface area contributed by atoms with Gasteiger partial charge in [0.1, 0.15) is 11.6 Å². The molecule has 0 amide bonds. The van der Waals surface area contributed by atoms with E-state index in [2.05, 4.69) is 64.7 Å². The van der Waals surface area contributed by atoms with Crippen LogP contribution in [-0.4, -0.2) is 28.5 Å². The molecule has 0 radical (unpaired) electrons. The van der Waals surface area contributed by atoms with Gasteiger partial charge < -0.3 is 10.5 Å². The maximum atomic E-state index is 13.7. The number of anilines is 1.